The molecular formula is C66H56BN3O3. The second kappa shape index (κ2) is 13.7. The predicted octanol–water partition coefficient (Wildman–Crippen LogP) is 16.3. The summed E-state index contributed by atoms with van der Waals surface area (Å²) in [6.45, 7) is 19.4. The van der Waals surface area contributed by atoms with Gasteiger partial charge in [0.05, 0.1) is 33.5 Å². The van der Waals surface area contributed by atoms with Gasteiger partial charge in [-0.25, -0.2) is 0 Å². The number of anilines is 5. The number of hydrogen-bond donors (Lipinski definition) is 0. The van der Waals surface area contributed by atoms with Gasteiger partial charge >= 0.3 is 0 Å². The van der Waals surface area contributed by atoms with Crippen molar-refractivity contribution in [1.82, 2.24) is 4.57 Å². The van der Waals surface area contributed by atoms with E-state index in [0.717, 1.165) is 96.2 Å². The van der Waals surface area contributed by atoms with Crippen LogP contribution in [-0.4, -0.2) is 16.8 Å². The van der Waals surface area contributed by atoms with Gasteiger partial charge in [-0.2, -0.15) is 0 Å². The van der Waals surface area contributed by atoms with Gasteiger partial charge in [0.1, 0.15) is 16.7 Å². The molecule has 7 heterocycles. The van der Waals surface area contributed by atoms with Crippen LogP contribution < -0.4 is 26.2 Å². The third-order valence-electron chi connectivity index (χ3n) is 18.4. The van der Waals surface area contributed by atoms with Crippen molar-refractivity contribution < 1.29 is 13.3 Å². The van der Waals surface area contributed by atoms with Crippen molar-refractivity contribution in [3.63, 3.8) is 0 Å². The smallest absolute Gasteiger partial charge is 0.252 e. The molecule has 16 rings (SSSR count). The quantitative estimate of drug-likeness (QED) is 0.165. The number of furan rings is 3. The third-order valence-corrected chi connectivity index (χ3v) is 18.4. The first kappa shape index (κ1) is 41.9. The number of fused-ring (bicyclic) bond motifs is 18. The molecule has 3 aliphatic heterocycles. The lowest BCUT2D eigenvalue weighted by Gasteiger charge is -2.52. The van der Waals surface area contributed by atoms with E-state index >= 15 is 0 Å². The Morgan fingerprint density at radius 3 is 1.73 bits per heavy atom. The Morgan fingerprint density at radius 2 is 1.08 bits per heavy atom. The largest absolute Gasteiger partial charge is 0.454 e. The van der Waals surface area contributed by atoms with Crippen LogP contribution in [0.25, 0.3) is 82.5 Å². The number of para-hydroxylation sites is 5. The molecule has 0 saturated heterocycles. The van der Waals surface area contributed by atoms with E-state index in [2.05, 4.69) is 215 Å². The van der Waals surface area contributed by atoms with Crippen molar-refractivity contribution in [2.45, 2.75) is 103 Å². The molecule has 8 aromatic carbocycles. The monoisotopic (exact) mass is 949 g/mol. The van der Waals surface area contributed by atoms with Gasteiger partial charge in [-0.3, -0.25) is 4.57 Å². The number of rotatable bonds is 3. The molecule has 12 aromatic rings. The second-order valence-electron chi connectivity index (χ2n) is 24.4. The molecule has 356 valence electrons. The van der Waals surface area contributed by atoms with E-state index in [1.54, 1.807) is 0 Å². The Labute approximate surface area is 424 Å². The second-order valence-corrected chi connectivity index (χ2v) is 24.4. The standard InChI is InChI=1S/C66H56BN3O3/c1-63(2,3)37-31-45-56-44-21-11-14-28-55(44)73-62(56)69-51-35-39(68(49-24-17-22-42-40-19-9-12-26-53(40)71-60(42)49)50-25-18-23-43-41-20-10-13-27-54(41)72-61(43)50)36-52-57(51)67(47(33-37)58(45)69)48-34-38(64(4,5)6)32-46-59(48)70(52)66(8)30-16-15-29-65(46,66)7/h9-14,17-28,31-36H,15-16,29-30H2,1-8H3. The molecule has 0 bridgehead atoms. The van der Waals surface area contributed by atoms with Crippen molar-refractivity contribution >= 4 is 128 Å². The summed E-state index contributed by atoms with van der Waals surface area (Å²) in [7, 11) is 0. The number of hydrogen-bond acceptors (Lipinski definition) is 5. The van der Waals surface area contributed by atoms with Gasteiger partial charge in [-0.15, -0.1) is 0 Å². The number of benzene rings is 8. The molecule has 6 nitrogen and oxygen atoms in total. The Kier molecular flexibility index (Phi) is 7.87. The highest BCUT2D eigenvalue weighted by Crippen LogP contribution is 2.63. The van der Waals surface area contributed by atoms with Crippen molar-refractivity contribution in [2.24, 2.45) is 0 Å². The zero-order chi connectivity index (χ0) is 49.2. The van der Waals surface area contributed by atoms with E-state index in [4.69, 9.17) is 13.3 Å². The highest BCUT2D eigenvalue weighted by Gasteiger charge is 2.61. The van der Waals surface area contributed by atoms with Gasteiger partial charge in [-0.1, -0.05) is 158 Å². The molecule has 0 amide bonds. The fourth-order valence-electron chi connectivity index (χ4n) is 14.5. The maximum atomic E-state index is 7.23. The van der Waals surface area contributed by atoms with Crippen LogP contribution in [0.4, 0.5) is 28.4 Å². The SMILES string of the molecule is CC(C)(C)c1cc2c3c(c1)C1(C)CCCCC1(C)N3c1cc(N(c3cccc4c3oc3ccccc34)c3cccc4c3oc3ccccc34)cc3c1B2c1cc(C(C)(C)C)cc2c4c5ccccc5oc4n-3c12. The summed E-state index contributed by atoms with van der Waals surface area (Å²) in [6, 6.07) is 54.0. The lowest BCUT2D eigenvalue weighted by Crippen LogP contribution is -2.64. The Bertz CT molecular complexity index is 4320. The minimum absolute atomic E-state index is 0.0349. The lowest BCUT2D eigenvalue weighted by molar-refractivity contribution is 0.195. The van der Waals surface area contributed by atoms with E-state index in [9.17, 15) is 0 Å². The summed E-state index contributed by atoms with van der Waals surface area (Å²) in [5.74, 6) is 0. The average molecular weight is 950 g/mol. The minimum atomic E-state index is -0.202. The van der Waals surface area contributed by atoms with E-state index in [1.165, 1.54) is 73.6 Å². The first-order valence-electron chi connectivity index (χ1n) is 26.5. The van der Waals surface area contributed by atoms with Crippen molar-refractivity contribution in [3.8, 4) is 5.69 Å². The normalized spacial score (nSPS) is 19.1. The Morgan fingerprint density at radius 1 is 0.534 bits per heavy atom. The van der Waals surface area contributed by atoms with E-state index in [-0.39, 0.29) is 28.5 Å². The molecule has 73 heavy (non-hydrogen) atoms. The molecule has 0 spiro atoms. The van der Waals surface area contributed by atoms with Crippen LogP contribution in [0.3, 0.4) is 0 Å². The molecule has 4 aromatic heterocycles. The predicted molar refractivity (Wildman–Crippen MR) is 305 cm³/mol. The van der Waals surface area contributed by atoms with Crippen molar-refractivity contribution in [1.29, 1.82) is 0 Å². The van der Waals surface area contributed by atoms with Gasteiger partial charge in [0.25, 0.3) is 6.71 Å². The van der Waals surface area contributed by atoms with Crippen LogP contribution in [-0.2, 0) is 16.2 Å². The van der Waals surface area contributed by atoms with Crippen LogP contribution in [0.5, 0.6) is 0 Å². The highest BCUT2D eigenvalue weighted by atomic mass is 16.3. The Hall–Kier alpha value is -7.64. The molecule has 1 aliphatic carbocycles. The molecule has 0 N–H and O–H groups in total. The third kappa shape index (κ3) is 5.20. The molecule has 1 fully saturated rings. The lowest BCUT2D eigenvalue weighted by atomic mass is 9.33. The van der Waals surface area contributed by atoms with Crippen LogP contribution in [0, 0.1) is 0 Å². The molecule has 4 aliphatic rings. The molecule has 1 saturated carbocycles. The van der Waals surface area contributed by atoms with E-state index in [1.807, 2.05) is 0 Å². The fraction of sp³-hybridized carbons (Fsp3) is 0.242. The van der Waals surface area contributed by atoms with Crippen LogP contribution in [0.2, 0.25) is 0 Å². The van der Waals surface area contributed by atoms with Gasteiger partial charge < -0.3 is 23.1 Å². The topological polar surface area (TPSA) is 50.8 Å². The van der Waals surface area contributed by atoms with Gasteiger partial charge in [0.15, 0.2) is 11.2 Å². The fourth-order valence-corrected chi connectivity index (χ4v) is 14.5. The van der Waals surface area contributed by atoms with Crippen molar-refractivity contribution in [2.75, 3.05) is 9.80 Å². The first-order valence-corrected chi connectivity index (χ1v) is 26.5. The molecule has 2 unspecified atom stereocenters. The number of nitrogens with zero attached hydrogens (tertiary/aromatic N) is 3. The average Bonchev–Trinajstić information content (AvgIpc) is 4.18. The van der Waals surface area contributed by atoms with Gasteiger partial charge in [0, 0.05) is 54.8 Å². The number of aromatic nitrogens is 1. The summed E-state index contributed by atoms with van der Waals surface area (Å²) in [4.78, 5) is 5.30. The summed E-state index contributed by atoms with van der Waals surface area (Å²) in [6.07, 6.45) is 4.65. The minimum Gasteiger partial charge on any atom is -0.454 e. The molecular weight excluding hydrogens is 894 g/mol. The van der Waals surface area contributed by atoms with Gasteiger partial charge in [0.2, 0.25) is 5.71 Å². The Balaban J connectivity index is 1.11. The maximum Gasteiger partial charge on any atom is 0.252 e. The van der Waals surface area contributed by atoms with Gasteiger partial charge in [-0.05, 0) is 112 Å². The molecule has 2 atom stereocenters. The zero-order valence-electron chi connectivity index (χ0n) is 42.8. The molecule has 0 radical (unpaired) electrons. The summed E-state index contributed by atoms with van der Waals surface area (Å²) >= 11 is 0. The molecule has 7 heteroatoms. The van der Waals surface area contributed by atoms with Crippen LogP contribution in [0.15, 0.2) is 159 Å². The maximum absolute atomic E-state index is 7.23. The first-order chi connectivity index (χ1) is 35.2. The summed E-state index contributed by atoms with van der Waals surface area (Å²) < 4.78 is 23.8. The van der Waals surface area contributed by atoms with E-state index < -0.39 is 0 Å². The van der Waals surface area contributed by atoms with Crippen LogP contribution >= 0.6 is 0 Å². The van der Waals surface area contributed by atoms with Crippen LogP contribution in [0.1, 0.15) is 97.8 Å². The zero-order valence-corrected chi connectivity index (χ0v) is 42.8. The summed E-state index contributed by atoms with van der Waals surface area (Å²) in [5, 5.41) is 7.90. The van der Waals surface area contributed by atoms with Crippen molar-refractivity contribution in [3.05, 3.63) is 162 Å². The highest BCUT2D eigenvalue weighted by molar-refractivity contribution is 7.00. The van der Waals surface area contributed by atoms with E-state index in [0.29, 0.717) is 0 Å². The summed E-state index contributed by atoms with van der Waals surface area (Å²) in [5.41, 5.74) is 21.1.